The number of amides is 2. The monoisotopic (exact) mass is 401 g/mol. The molecule has 1 aromatic carbocycles. The predicted octanol–water partition coefficient (Wildman–Crippen LogP) is 2.65. The van der Waals surface area contributed by atoms with Gasteiger partial charge in [0.2, 0.25) is 11.8 Å². The van der Waals surface area contributed by atoms with Crippen molar-refractivity contribution in [2.75, 3.05) is 32.8 Å². The van der Waals surface area contributed by atoms with Gasteiger partial charge < -0.3 is 15.4 Å². The maximum absolute atomic E-state index is 12.6. The van der Waals surface area contributed by atoms with Gasteiger partial charge in [-0.2, -0.15) is 0 Å². The molecule has 6 heteroatoms. The number of hydrogen-bond donors (Lipinski definition) is 2. The van der Waals surface area contributed by atoms with E-state index in [4.69, 9.17) is 4.74 Å². The first-order chi connectivity index (χ1) is 14.1. The van der Waals surface area contributed by atoms with Gasteiger partial charge in [0.25, 0.3) is 0 Å². The number of rotatable bonds is 8. The zero-order chi connectivity index (χ0) is 20.5. The Balaban J connectivity index is 1.33. The Bertz CT molecular complexity index is 673. The van der Waals surface area contributed by atoms with Crippen molar-refractivity contribution in [1.29, 1.82) is 0 Å². The smallest absolute Gasteiger partial charge is 0.234 e. The summed E-state index contributed by atoms with van der Waals surface area (Å²) in [7, 11) is 0. The lowest BCUT2D eigenvalue weighted by molar-refractivity contribution is -0.129. The van der Waals surface area contributed by atoms with Crippen LogP contribution in [0.3, 0.4) is 0 Å². The van der Waals surface area contributed by atoms with Crippen molar-refractivity contribution in [1.82, 2.24) is 15.5 Å². The minimum atomic E-state index is -0.00817. The minimum absolute atomic E-state index is 0.00290. The lowest BCUT2D eigenvalue weighted by Crippen LogP contribution is -2.48. The molecule has 2 amide bonds. The Morgan fingerprint density at radius 2 is 1.97 bits per heavy atom. The first-order valence-electron chi connectivity index (χ1n) is 11.1. The molecule has 0 radical (unpaired) electrons. The van der Waals surface area contributed by atoms with Crippen molar-refractivity contribution >= 4 is 11.8 Å². The number of aryl methyl sites for hydroxylation is 1. The summed E-state index contributed by atoms with van der Waals surface area (Å²) in [6.07, 6.45) is 7.82. The lowest BCUT2D eigenvalue weighted by Gasteiger charge is -2.33. The largest absolute Gasteiger partial charge is 0.492 e. The van der Waals surface area contributed by atoms with Gasteiger partial charge >= 0.3 is 0 Å². The van der Waals surface area contributed by atoms with Gasteiger partial charge in [-0.05, 0) is 56.8 Å². The molecule has 1 saturated carbocycles. The third-order valence-electron chi connectivity index (χ3n) is 5.88. The minimum Gasteiger partial charge on any atom is -0.492 e. The molecule has 1 aromatic rings. The van der Waals surface area contributed by atoms with Crippen molar-refractivity contribution in [3.63, 3.8) is 0 Å². The van der Waals surface area contributed by atoms with Crippen LogP contribution in [0, 0.1) is 12.8 Å². The van der Waals surface area contributed by atoms with Crippen molar-refractivity contribution in [3.8, 4) is 5.75 Å². The summed E-state index contributed by atoms with van der Waals surface area (Å²) < 4.78 is 5.67. The molecule has 1 aliphatic carbocycles. The van der Waals surface area contributed by atoms with Crippen LogP contribution in [-0.4, -0.2) is 55.5 Å². The van der Waals surface area contributed by atoms with E-state index in [2.05, 4.69) is 15.5 Å². The summed E-state index contributed by atoms with van der Waals surface area (Å²) in [4.78, 5) is 27.0. The van der Waals surface area contributed by atoms with E-state index in [1.54, 1.807) is 0 Å². The number of piperidine rings is 1. The maximum Gasteiger partial charge on any atom is 0.234 e. The van der Waals surface area contributed by atoms with Crippen LogP contribution in [-0.2, 0) is 9.59 Å². The van der Waals surface area contributed by atoms with Crippen LogP contribution in [0.2, 0.25) is 0 Å². The molecular weight excluding hydrogens is 366 g/mol. The average molecular weight is 402 g/mol. The van der Waals surface area contributed by atoms with Gasteiger partial charge in [-0.25, -0.2) is 0 Å². The number of carbonyl (C=O) groups excluding carboxylic acids is 2. The Morgan fingerprint density at radius 1 is 1.14 bits per heavy atom. The van der Waals surface area contributed by atoms with Gasteiger partial charge in [-0.1, -0.05) is 31.4 Å². The fraction of sp³-hybridized carbons (Fsp3) is 0.652. The van der Waals surface area contributed by atoms with Crippen LogP contribution >= 0.6 is 0 Å². The predicted molar refractivity (Wildman–Crippen MR) is 114 cm³/mol. The van der Waals surface area contributed by atoms with Gasteiger partial charge in [0.05, 0.1) is 19.0 Å². The van der Waals surface area contributed by atoms with E-state index in [0.717, 1.165) is 43.5 Å². The fourth-order valence-electron chi connectivity index (χ4n) is 4.30. The molecule has 1 heterocycles. The SMILES string of the molecule is Cc1cccc(OCCNC(=O)CN2CCCC(C(=O)NC3CCCCC3)C2)c1. The van der Waals surface area contributed by atoms with Crippen molar-refractivity contribution in [2.24, 2.45) is 5.92 Å². The number of nitrogens with zero attached hydrogens (tertiary/aromatic N) is 1. The molecule has 160 valence electrons. The summed E-state index contributed by atoms with van der Waals surface area (Å²) in [6.45, 7) is 4.84. The highest BCUT2D eigenvalue weighted by atomic mass is 16.5. The van der Waals surface area contributed by atoms with Crippen LogP contribution < -0.4 is 15.4 Å². The highest BCUT2D eigenvalue weighted by molar-refractivity contribution is 5.80. The van der Waals surface area contributed by atoms with Crippen molar-refractivity contribution in [2.45, 2.75) is 57.9 Å². The van der Waals surface area contributed by atoms with Gasteiger partial charge in [0.15, 0.2) is 0 Å². The second-order valence-electron chi connectivity index (χ2n) is 8.43. The molecule has 1 unspecified atom stereocenters. The first-order valence-corrected chi connectivity index (χ1v) is 11.1. The molecule has 6 nitrogen and oxygen atoms in total. The average Bonchev–Trinajstić information content (AvgIpc) is 2.72. The molecule has 1 atom stereocenters. The Hall–Kier alpha value is -2.08. The van der Waals surface area contributed by atoms with Gasteiger partial charge in [0, 0.05) is 12.6 Å². The summed E-state index contributed by atoms with van der Waals surface area (Å²) >= 11 is 0. The Morgan fingerprint density at radius 3 is 2.76 bits per heavy atom. The van der Waals surface area contributed by atoms with E-state index in [9.17, 15) is 9.59 Å². The van der Waals surface area contributed by atoms with Crippen LogP contribution in [0.1, 0.15) is 50.5 Å². The van der Waals surface area contributed by atoms with Crippen LogP contribution in [0.5, 0.6) is 5.75 Å². The third kappa shape index (κ3) is 7.35. The van der Waals surface area contributed by atoms with Crippen LogP contribution in [0.15, 0.2) is 24.3 Å². The standard InChI is InChI=1S/C23H35N3O3/c1-18-7-5-11-21(15-18)29-14-12-24-22(27)17-26-13-6-8-19(16-26)23(28)25-20-9-3-2-4-10-20/h5,7,11,15,19-20H,2-4,6,8-10,12-14,16-17H2,1H3,(H,24,27)(H,25,28). The molecule has 2 aliphatic rings. The zero-order valence-corrected chi connectivity index (χ0v) is 17.6. The molecule has 1 aliphatic heterocycles. The number of benzene rings is 1. The normalized spacial score (nSPS) is 20.8. The number of hydrogen-bond acceptors (Lipinski definition) is 4. The van der Waals surface area contributed by atoms with E-state index in [-0.39, 0.29) is 17.7 Å². The summed E-state index contributed by atoms with van der Waals surface area (Å²) in [5.41, 5.74) is 1.15. The molecule has 2 N–H and O–H groups in total. The molecule has 2 fully saturated rings. The molecule has 1 saturated heterocycles. The molecule has 0 bridgehead atoms. The molecule has 0 spiro atoms. The van der Waals surface area contributed by atoms with Crippen LogP contribution in [0.4, 0.5) is 0 Å². The van der Waals surface area contributed by atoms with Crippen molar-refractivity contribution < 1.29 is 14.3 Å². The Labute approximate surface area is 174 Å². The van der Waals surface area contributed by atoms with E-state index >= 15 is 0 Å². The molecular formula is C23H35N3O3. The highest BCUT2D eigenvalue weighted by Gasteiger charge is 2.28. The van der Waals surface area contributed by atoms with Crippen LogP contribution in [0.25, 0.3) is 0 Å². The number of nitrogens with one attached hydrogen (secondary N) is 2. The third-order valence-corrected chi connectivity index (χ3v) is 5.88. The molecule has 3 rings (SSSR count). The number of ether oxygens (including phenoxy) is 1. The first kappa shape index (κ1) is 21.6. The summed E-state index contributed by atoms with van der Waals surface area (Å²) in [6, 6.07) is 8.23. The molecule has 29 heavy (non-hydrogen) atoms. The highest BCUT2D eigenvalue weighted by Crippen LogP contribution is 2.20. The van der Waals surface area contributed by atoms with Gasteiger partial charge in [-0.15, -0.1) is 0 Å². The van der Waals surface area contributed by atoms with Crippen molar-refractivity contribution in [3.05, 3.63) is 29.8 Å². The summed E-state index contributed by atoms with van der Waals surface area (Å²) in [5, 5.41) is 6.16. The Kier molecular flexibility index (Phi) is 8.35. The van der Waals surface area contributed by atoms with E-state index in [1.165, 1.54) is 19.3 Å². The maximum atomic E-state index is 12.6. The van der Waals surface area contributed by atoms with E-state index < -0.39 is 0 Å². The second-order valence-corrected chi connectivity index (χ2v) is 8.43. The van der Waals surface area contributed by atoms with E-state index in [0.29, 0.717) is 32.3 Å². The quantitative estimate of drug-likeness (QED) is 0.657. The second kappa shape index (κ2) is 11.2. The van der Waals surface area contributed by atoms with E-state index in [1.807, 2.05) is 31.2 Å². The number of carbonyl (C=O) groups is 2. The summed E-state index contributed by atoms with van der Waals surface area (Å²) in [5.74, 6) is 0.991. The fourth-order valence-corrected chi connectivity index (χ4v) is 4.30. The lowest BCUT2D eigenvalue weighted by atomic mass is 9.93. The molecule has 0 aromatic heterocycles. The zero-order valence-electron chi connectivity index (χ0n) is 17.6. The number of likely N-dealkylation sites (tertiary alicyclic amines) is 1. The van der Waals surface area contributed by atoms with Gasteiger partial charge in [-0.3, -0.25) is 14.5 Å². The topological polar surface area (TPSA) is 70.7 Å². The van der Waals surface area contributed by atoms with Gasteiger partial charge in [0.1, 0.15) is 12.4 Å².